The number of piperidine rings is 1. The van der Waals surface area contributed by atoms with Crippen LogP contribution in [-0.2, 0) is 19.1 Å². The minimum atomic E-state index is -0.488. The van der Waals surface area contributed by atoms with Crippen molar-refractivity contribution in [3.8, 4) is 5.75 Å². The molecule has 0 spiro atoms. The smallest absolute Gasteiger partial charge is 0.308 e. The average Bonchev–Trinajstić information content (AvgIpc) is 2.64. The molecule has 2 heterocycles. The molecule has 2 atom stereocenters. The van der Waals surface area contributed by atoms with Gasteiger partial charge in [-0.3, -0.25) is 14.4 Å². The highest BCUT2D eigenvalue weighted by Crippen LogP contribution is 2.31. The van der Waals surface area contributed by atoms with Gasteiger partial charge in [0.15, 0.2) is 13.2 Å². The van der Waals surface area contributed by atoms with Crippen molar-refractivity contribution in [3.05, 3.63) is 24.3 Å². The van der Waals surface area contributed by atoms with Gasteiger partial charge in [-0.25, -0.2) is 0 Å². The third-order valence-corrected chi connectivity index (χ3v) is 4.93. The number of amides is 2. The van der Waals surface area contributed by atoms with Gasteiger partial charge in [-0.05, 0) is 30.4 Å². The molecule has 2 aliphatic rings. The van der Waals surface area contributed by atoms with Crippen LogP contribution in [0.4, 0.5) is 5.69 Å². The lowest BCUT2D eigenvalue weighted by atomic mass is 9.92. The summed E-state index contributed by atoms with van der Waals surface area (Å²) in [7, 11) is 0. The molecular weight excluding hydrogens is 348 g/mol. The van der Waals surface area contributed by atoms with Crippen LogP contribution in [-0.4, -0.2) is 55.5 Å². The Bertz CT molecular complexity index is 710. The summed E-state index contributed by atoms with van der Waals surface area (Å²) in [6.45, 7) is 5.57. The molecule has 0 aromatic heterocycles. The number of carbonyl (C=O) groups excluding carboxylic acids is 3. The number of hydrogen-bond acceptors (Lipinski definition) is 5. The molecule has 0 N–H and O–H groups in total. The Hall–Kier alpha value is -2.57. The molecule has 0 saturated carbocycles. The Labute approximate surface area is 159 Å². The second-order valence-electron chi connectivity index (χ2n) is 7.46. The molecule has 1 aromatic rings. The summed E-state index contributed by atoms with van der Waals surface area (Å²) in [4.78, 5) is 39.7. The van der Waals surface area contributed by atoms with Crippen LogP contribution in [0, 0.1) is 11.8 Å². The fourth-order valence-corrected chi connectivity index (χ4v) is 3.77. The molecule has 3 rings (SSSR count). The summed E-state index contributed by atoms with van der Waals surface area (Å²) in [5.74, 6) is 0.692. The van der Waals surface area contributed by atoms with E-state index in [0.717, 1.165) is 6.42 Å². The Morgan fingerprint density at radius 3 is 2.63 bits per heavy atom. The van der Waals surface area contributed by atoms with Gasteiger partial charge in [0, 0.05) is 19.6 Å². The predicted molar refractivity (Wildman–Crippen MR) is 99.4 cm³/mol. The molecule has 2 amide bonds. The highest BCUT2D eigenvalue weighted by atomic mass is 16.5. The number of fused-ring (bicyclic) bond motifs is 1. The predicted octanol–water partition coefficient (Wildman–Crippen LogP) is 1.85. The highest BCUT2D eigenvalue weighted by Gasteiger charge is 2.27. The molecule has 7 nitrogen and oxygen atoms in total. The minimum Gasteiger partial charge on any atom is -0.482 e. The van der Waals surface area contributed by atoms with E-state index >= 15 is 0 Å². The number of esters is 1. The van der Waals surface area contributed by atoms with Crippen LogP contribution in [0.3, 0.4) is 0 Å². The molecular formula is C20H26N2O5. The van der Waals surface area contributed by atoms with E-state index < -0.39 is 5.97 Å². The summed E-state index contributed by atoms with van der Waals surface area (Å²) in [5, 5.41) is 0. The molecule has 0 aliphatic carbocycles. The van der Waals surface area contributed by atoms with Crippen LogP contribution < -0.4 is 9.64 Å². The number of rotatable bonds is 5. The maximum absolute atomic E-state index is 12.3. The Balaban J connectivity index is 1.47. The van der Waals surface area contributed by atoms with Crippen molar-refractivity contribution in [2.24, 2.45) is 11.8 Å². The normalized spacial score (nSPS) is 22.1. The first-order valence-electron chi connectivity index (χ1n) is 9.39. The summed E-state index contributed by atoms with van der Waals surface area (Å²) >= 11 is 0. The highest BCUT2D eigenvalue weighted by molar-refractivity contribution is 5.98. The van der Waals surface area contributed by atoms with E-state index in [1.807, 2.05) is 12.1 Å². The monoisotopic (exact) mass is 374 g/mol. The van der Waals surface area contributed by atoms with Gasteiger partial charge in [0.05, 0.1) is 12.1 Å². The Morgan fingerprint density at radius 2 is 1.89 bits per heavy atom. The van der Waals surface area contributed by atoms with E-state index in [-0.39, 0.29) is 38.0 Å². The minimum absolute atomic E-state index is 0.0279. The van der Waals surface area contributed by atoms with Gasteiger partial charge >= 0.3 is 5.97 Å². The van der Waals surface area contributed by atoms with Gasteiger partial charge in [0.1, 0.15) is 5.75 Å². The number of para-hydroxylation sites is 2. The van der Waals surface area contributed by atoms with Crippen molar-refractivity contribution < 1.29 is 23.9 Å². The van der Waals surface area contributed by atoms with Crippen molar-refractivity contribution in [1.82, 2.24) is 4.90 Å². The number of benzene rings is 1. The van der Waals surface area contributed by atoms with Gasteiger partial charge in [-0.2, -0.15) is 0 Å². The molecule has 0 unspecified atom stereocenters. The average molecular weight is 374 g/mol. The summed E-state index contributed by atoms with van der Waals surface area (Å²) in [6.07, 6.45) is 1.14. The van der Waals surface area contributed by atoms with Crippen LogP contribution in [0.1, 0.15) is 26.7 Å². The Morgan fingerprint density at radius 1 is 1.19 bits per heavy atom. The van der Waals surface area contributed by atoms with Crippen molar-refractivity contribution in [2.45, 2.75) is 26.7 Å². The number of anilines is 1. The zero-order valence-corrected chi connectivity index (χ0v) is 15.8. The van der Waals surface area contributed by atoms with Gasteiger partial charge < -0.3 is 19.3 Å². The molecule has 146 valence electrons. The summed E-state index contributed by atoms with van der Waals surface area (Å²) in [6, 6.07) is 7.20. The lowest BCUT2D eigenvalue weighted by molar-refractivity contribution is -0.153. The maximum Gasteiger partial charge on any atom is 0.308 e. The first-order valence-corrected chi connectivity index (χ1v) is 9.39. The number of carbonyl (C=O) groups is 3. The fraction of sp³-hybridized carbons (Fsp3) is 0.550. The quantitative estimate of drug-likeness (QED) is 0.735. The van der Waals surface area contributed by atoms with Crippen LogP contribution in [0.25, 0.3) is 0 Å². The second kappa shape index (κ2) is 8.41. The van der Waals surface area contributed by atoms with Crippen LogP contribution in [0.2, 0.25) is 0 Å². The van der Waals surface area contributed by atoms with Crippen LogP contribution >= 0.6 is 0 Å². The Kier molecular flexibility index (Phi) is 5.98. The number of ether oxygens (including phenoxy) is 2. The van der Waals surface area contributed by atoms with E-state index in [1.165, 1.54) is 4.90 Å². The third kappa shape index (κ3) is 4.78. The van der Waals surface area contributed by atoms with Gasteiger partial charge in [0.2, 0.25) is 0 Å². The molecule has 1 fully saturated rings. The molecule has 1 saturated heterocycles. The maximum atomic E-state index is 12.3. The first kappa shape index (κ1) is 19.2. The number of likely N-dealkylation sites (tertiary alicyclic amines) is 1. The number of nitrogens with zero attached hydrogens (tertiary/aromatic N) is 2. The summed E-state index contributed by atoms with van der Waals surface area (Å²) in [5.41, 5.74) is 0.647. The number of hydrogen-bond donors (Lipinski definition) is 0. The van der Waals surface area contributed by atoms with Gasteiger partial charge in [-0.1, -0.05) is 26.0 Å². The SMILES string of the molecule is C[C@@H]1C[C@@H](C)CN(C(=O)COC(=O)CCN2C(=O)COc3ccccc32)C1. The van der Waals surface area contributed by atoms with Crippen molar-refractivity contribution in [1.29, 1.82) is 0 Å². The first-order chi connectivity index (χ1) is 12.9. The van der Waals surface area contributed by atoms with Crippen molar-refractivity contribution in [3.63, 3.8) is 0 Å². The molecule has 0 radical (unpaired) electrons. The van der Waals surface area contributed by atoms with E-state index in [1.54, 1.807) is 17.0 Å². The van der Waals surface area contributed by atoms with Gasteiger partial charge in [-0.15, -0.1) is 0 Å². The fourth-order valence-electron chi connectivity index (χ4n) is 3.77. The third-order valence-electron chi connectivity index (χ3n) is 4.93. The topological polar surface area (TPSA) is 76.2 Å². The summed E-state index contributed by atoms with van der Waals surface area (Å²) < 4.78 is 10.5. The zero-order chi connectivity index (χ0) is 19.4. The van der Waals surface area contributed by atoms with Crippen LogP contribution in [0.5, 0.6) is 5.75 Å². The largest absolute Gasteiger partial charge is 0.482 e. The van der Waals surface area contributed by atoms with Crippen molar-refractivity contribution >= 4 is 23.5 Å². The lowest BCUT2D eigenvalue weighted by Gasteiger charge is -2.34. The molecule has 0 bridgehead atoms. The molecule has 2 aliphatic heterocycles. The van der Waals surface area contributed by atoms with E-state index in [4.69, 9.17) is 9.47 Å². The van der Waals surface area contributed by atoms with E-state index in [2.05, 4.69) is 13.8 Å². The standard InChI is InChI=1S/C20H26N2O5/c1-14-9-15(2)11-21(10-14)18(23)12-27-20(25)7-8-22-16-5-3-4-6-17(16)26-13-19(22)24/h3-6,14-15H,7-13H2,1-2H3/t14-,15-/m1/s1. The molecule has 7 heteroatoms. The molecule has 27 heavy (non-hydrogen) atoms. The van der Waals surface area contributed by atoms with Gasteiger partial charge in [0.25, 0.3) is 11.8 Å². The van der Waals surface area contributed by atoms with E-state index in [0.29, 0.717) is 36.4 Å². The van der Waals surface area contributed by atoms with Crippen molar-refractivity contribution in [2.75, 3.05) is 37.7 Å². The zero-order valence-electron chi connectivity index (χ0n) is 15.8. The lowest BCUT2D eigenvalue weighted by Crippen LogP contribution is -2.44. The molecule has 1 aromatic carbocycles. The van der Waals surface area contributed by atoms with E-state index in [9.17, 15) is 14.4 Å². The second-order valence-corrected chi connectivity index (χ2v) is 7.46. The van der Waals surface area contributed by atoms with Crippen LogP contribution in [0.15, 0.2) is 24.3 Å².